The van der Waals surface area contributed by atoms with Gasteiger partial charge in [-0.15, -0.1) is 0 Å². The second-order valence-electron chi connectivity index (χ2n) is 7.34. The van der Waals surface area contributed by atoms with Gasteiger partial charge in [-0.1, -0.05) is 60.7 Å². The van der Waals surface area contributed by atoms with E-state index in [-0.39, 0.29) is 11.1 Å². The van der Waals surface area contributed by atoms with Gasteiger partial charge in [-0.2, -0.15) is 0 Å². The zero-order valence-corrected chi connectivity index (χ0v) is 16.7. The maximum Gasteiger partial charge on any atom is 0.336 e. The van der Waals surface area contributed by atoms with Crippen molar-refractivity contribution >= 4 is 33.7 Å². The molecule has 6 heteroatoms. The van der Waals surface area contributed by atoms with E-state index in [2.05, 4.69) is 9.97 Å². The highest BCUT2D eigenvalue weighted by Crippen LogP contribution is 2.31. The van der Waals surface area contributed by atoms with Crippen LogP contribution in [0.15, 0.2) is 84.9 Å². The lowest BCUT2D eigenvalue weighted by Gasteiger charge is -2.11. The lowest BCUT2D eigenvalue weighted by atomic mass is 9.99. The molecule has 0 bridgehead atoms. The third kappa shape index (κ3) is 3.33. The van der Waals surface area contributed by atoms with Crippen molar-refractivity contribution < 1.29 is 19.8 Å². The number of carbonyl (C=O) groups is 2. The molecule has 0 aliphatic heterocycles. The Morgan fingerprint density at radius 2 is 0.969 bits per heavy atom. The van der Waals surface area contributed by atoms with Crippen LogP contribution in [0.3, 0.4) is 0 Å². The van der Waals surface area contributed by atoms with Crippen LogP contribution in [-0.2, 0) is 0 Å². The van der Waals surface area contributed by atoms with Crippen LogP contribution in [0.2, 0.25) is 0 Å². The summed E-state index contributed by atoms with van der Waals surface area (Å²) in [7, 11) is 0. The first-order chi connectivity index (χ1) is 15.5. The molecular weight excluding hydrogens is 404 g/mol. The second-order valence-corrected chi connectivity index (χ2v) is 7.34. The van der Waals surface area contributed by atoms with E-state index >= 15 is 0 Å². The van der Waals surface area contributed by atoms with Crippen molar-refractivity contribution in [2.45, 2.75) is 0 Å². The predicted octanol–water partition coefficient (Wildman–Crippen LogP) is 5.51. The molecule has 6 nitrogen and oxygen atoms in total. The molecule has 2 N–H and O–H groups in total. The fraction of sp³-hybridized carbons (Fsp3) is 0. The first-order valence-electron chi connectivity index (χ1n) is 9.88. The van der Waals surface area contributed by atoms with Gasteiger partial charge in [0.2, 0.25) is 0 Å². The minimum Gasteiger partial charge on any atom is -0.478 e. The summed E-state index contributed by atoms with van der Waals surface area (Å²) in [5.41, 5.74) is 3.59. The molecule has 154 valence electrons. The number of nitrogens with zero attached hydrogens (tertiary/aromatic N) is 2. The normalized spacial score (nSPS) is 11.0. The predicted molar refractivity (Wildman–Crippen MR) is 122 cm³/mol. The number of fused-ring (bicyclic) bond motifs is 2. The summed E-state index contributed by atoms with van der Waals surface area (Å²) in [5.74, 6) is -2.22. The Morgan fingerprint density at radius 3 is 1.34 bits per heavy atom. The maximum absolute atomic E-state index is 12.0. The molecular formula is C26H16N2O4. The summed E-state index contributed by atoms with van der Waals surface area (Å²) in [6.07, 6.45) is 0. The molecule has 0 saturated carbocycles. The van der Waals surface area contributed by atoms with Gasteiger partial charge in [0.15, 0.2) is 0 Å². The van der Waals surface area contributed by atoms with Crippen molar-refractivity contribution in [2.24, 2.45) is 0 Å². The Balaban J connectivity index is 1.84. The summed E-state index contributed by atoms with van der Waals surface area (Å²) in [6.45, 7) is 0. The van der Waals surface area contributed by atoms with Crippen molar-refractivity contribution in [2.75, 3.05) is 0 Å². The minimum atomic E-state index is -1.11. The second kappa shape index (κ2) is 7.59. The van der Waals surface area contributed by atoms with Gasteiger partial charge in [0.05, 0.1) is 33.5 Å². The topological polar surface area (TPSA) is 100 Å². The molecule has 0 amide bonds. The molecule has 0 aliphatic rings. The molecule has 3 aromatic carbocycles. The van der Waals surface area contributed by atoms with Gasteiger partial charge >= 0.3 is 11.9 Å². The number of carboxylic acids is 2. The van der Waals surface area contributed by atoms with E-state index in [1.54, 1.807) is 12.1 Å². The Hall–Kier alpha value is -4.58. The lowest BCUT2D eigenvalue weighted by Crippen LogP contribution is -2.03. The molecule has 0 unspecified atom stereocenters. The Labute approximate surface area is 182 Å². The van der Waals surface area contributed by atoms with Gasteiger partial charge in [-0.25, -0.2) is 19.6 Å². The fourth-order valence-electron chi connectivity index (χ4n) is 3.81. The number of hydrogen-bond donors (Lipinski definition) is 2. The summed E-state index contributed by atoms with van der Waals surface area (Å²) in [5, 5.41) is 20.4. The lowest BCUT2D eigenvalue weighted by molar-refractivity contribution is 0.0688. The van der Waals surface area contributed by atoms with Crippen molar-refractivity contribution in [1.29, 1.82) is 0 Å². The molecule has 5 rings (SSSR count). The highest BCUT2D eigenvalue weighted by atomic mass is 16.4. The zero-order valence-electron chi connectivity index (χ0n) is 16.7. The van der Waals surface area contributed by atoms with Gasteiger partial charge in [-0.3, -0.25) is 0 Å². The van der Waals surface area contributed by atoms with Crippen molar-refractivity contribution in [3.05, 3.63) is 96.1 Å². The van der Waals surface area contributed by atoms with Crippen LogP contribution in [0.25, 0.3) is 44.3 Å². The van der Waals surface area contributed by atoms with Gasteiger partial charge in [0, 0.05) is 21.9 Å². The maximum atomic E-state index is 12.0. The van der Waals surface area contributed by atoms with Gasteiger partial charge in [-0.05, 0) is 24.3 Å². The van der Waals surface area contributed by atoms with Crippen LogP contribution in [0, 0.1) is 0 Å². The molecule has 0 fully saturated rings. The fourth-order valence-corrected chi connectivity index (χ4v) is 3.81. The third-order valence-electron chi connectivity index (χ3n) is 5.34. The standard InChI is InChI=1S/C26H16N2O4/c29-25(30)19-12-21(15-7-3-1-4-8-15)27-23-14-24-18(11-17(19)23)20(26(31)32)13-22(28-24)16-9-5-2-6-10-16/h1-14H,(H,29,30)(H,31,32). The van der Waals surface area contributed by atoms with Crippen LogP contribution in [0.5, 0.6) is 0 Å². The summed E-state index contributed by atoms with van der Waals surface area (Å²) in [4.78, 5) is 33.4. The SMILES string of the molecule is O=C(O)c1cc(-c2ccccc2)nc2cc3nc(-c4ccccc4)cc(C(=O)O)c3cc12. The highest BCUT2D eigenvalue weighted by Gasteiger charge is 2.18. The van der Waals surface area contributed by atoms with Crippen LogP contribution in [-0.4, -0.2) is 32.1 Å². The van der Waals surface area contributed by atoms with Crippen molar-refractivity contribution in [1.82, 2.24) is 9.97 Å². The van der Waals surface area contributed by atoms with Gasteiger partial charge in [0.1, 0.15) is 0 Å². The Morgan fingerprint density at radius 1 is 0.562 bits per heavy atom. The first kappa shape index (κ1) is 19.4. The minimum absolute atomic E-state index is 0.0548. The monoisotopic (exact) mass is 420 g/mol. The van der Waals surface area contributed by atoms with Crippen molar-refractivity contribution in [3.8, 4) is 22.5 Å². The zero-order chi connectivity index (χ0) is 22.2. The summed E-state index contributed by atoms with van der Waals surface area (Å²) in [6, 6.07) is 24.8. The Kier molecular flexibility index (Phi) is 4.60. The number of pyridine rings is 2. The smallest absolute Gasteiger partial charge is 0.336 e. The molecule has 2 heterocycles. The van der Waals surface area contributed by atoms with E-state index in [0.29, 0.717) is 33.2 Å². The number of aromatic carboxylic acids is 2. The summed E-state index contributed by atoms with van der Waals surface area (Å²) >= 11 is 0. The van der Waals surface area contributed by atoms with Crippen LogP contribution >= 0.6 is 0 Å². The first-order valence-corrected chi connectivity index (χ1v) is 9.88. The number of hydrogen-bond acceptors (Lipinski definition) is 4. The molecule has 32 heavy (non-hydrogen) atoms. The van der Waals surface area contributed by atoms with Crippen LogP contribution in [0.4, 0.5) is 0 Å². The Bertz CT molecular complexity index is 1400. The van der Waals surface area contributed by atoms with E-state index in [0.717, 1.165) is 11.1 Å². The van der Waals surface area contributed by atoms with E-state index in [4.69, 9.17) is 0 Å². The average molecular weight is 420 g/mol. The largest absolute Gasteiger partial charge is 0.478 e. The quantitative estimate of drug-likeness (QED) is 0.372. The number of carboxylic acid groups (broad SMARTS) is 2. The molecule has 0 spiro atoms. The van der Waals surface area contributed by atoms with Gasteiger partial charge in [0.25, 0.3) is 0 Å². The molecule has 0 saturated heterocycles. The van der Waals surface area contributed by atoms with Gasteiger partial charge < -0.3 is 10.2 Å². The van der Waals surface area contributed by atoms with E-state index in [9.17, 15) is 19.8 Å². The van der Waals surface area contributed by atoms with E-state index in [1.165, 1.54) is 12.1 Å². The summed E-state index contributed by atoms with van der Waals surface area (Å²) < 4.78 is 0. The highest BCUT2D eigenvalue weighted by molar-refractivity contribution is 6.12. The number of rotatable bonds is 4. The molecule has 0 atom stereocenters. The number of benzene rings is 3. The van der Waals surface area contributed by atoms with Crippen LogP contribution < -0.4 is 0 Å². The van der Waals surface area contributed by atoms with Crippen LogP contribution in [0.1, 0.15) is 20.7 Å². The molecule has 5 aromatic rings. The third-order valence-corrected chi connectivity index (χ3v) is 5.34. The van der Waals surface area contributed by atoms with Crippen molar-refractivity contribution in [3.63, 3.8) is 0 Å². The molecule has 0 radical (unpaired) electrons. The van der Waals surface area contributed by atoms with E-state index < -0.39 is 11.9 Å². The number of aromatic nitrogens is 2. The average Bonchev–Trinajstić information content (AvgIpc) is 2.82. The van der Waals surface area contributed by atoms with E-state index in [1.807, 2.05) is 60.7 Å². The molecule has 0 aliphatic carbocycles. The molecule has 2 aromatic heterocycles.